The first-order chi connectivity index (χ1) is 12.0. The lowest BCUT2D eigenvalue weighted by Gasteiger charge is -2.21. The Labute approximate surface area is 149 Å². The zero-order chi connectivity index (χ0) is 18.0. The summed E-state index contributed by atoms with van der Waals surface area (Å²) >= 11 is 1.39. The minimum atomic E-state index is -0.0953. The van der Waals surface area contributed by atoms with E-state index in [0.29, 0.717) is 11.7 Å². The molecule has 0 saturated heterocycles. The molecule has 0 atom stereocenters. The summed E-state index contributed by atoms with van der Waals surface area (Å²) in [6.45, 7) is 5.93. The summed E-state index contributed by atoms with van der Waals surface area (Å²) in [5, 5.41) is 15.3. The molecule has 0 spiro atoms. The molecule has 0 N–H and O–H groups in total. The number of carbonyl (C=O) groups is 1. The molecular weight excluding hydrogens is 336 g/mol. The van der Waals surface area contributed by atoms with Crippen molar-refractivity contribution >= 4 is 28.1 Å². The van der Waals surface area contributed by atoms with Gasteiger partial charge in [0.1, 0.15) is 12.4 Å². The lowest BCUT2D eigenvalue weighted by Crippen LogP contribution is -2.23. The molecule has 3 rings (SSSR count). The fraction of sp³-hybridized carbons (Fsp3) is 0.235. The van der Waals surface area contributed by atoms with Gasteiger partial charge in [0.05, 0.1) is 17.9 Å². The van der Waals surface area contributed by atoms with Crippen molar-refractivity contribution in [3.05, 3.63) is 52.6 Å². The van der Waals surface area contributed by atoms with Crippen molar-refractivity contribution < 1.29 is 4.79 Å². The standard InChI is InChI=1S/C17H16N6OS/c1-11-5-4-6-15(12(11)2)23(13(3)24)17-20-14(9-25-17)8-22-10-19-16(7-18)21-22/h4-6,9-10H,8H2,1-3H3. The van der Waals surface area contributed by atoms with Crippen molar-refractivity contribution in [2.24, 2.45) is 0 Å². The Morgan fingerprint density at radius 2 is 2.20 bits per heavy atom. The average molecular weight is 352 g/mol. The van der Waals surface area contributed by atoms with Crippen LogP contribution in [0.4, 0.5) is 10.8 Å². The molecule has 3 aromatic rings. The van der Waals surface area contributed by atoms with E-state index < -0.39 is 0 Å². The number of rotatable bonds is 4. The fourth-order valence-corrected chi connectivity index (χ4v) is 3.32. The summed E-state index contributed by atoms with van der Waals surface area (Å²) in [5.74, 6) is 0.0262. The normalized spacial score (nSPS) is 10.5. The lowest BCUT2D eigenvalue weighted by molar-refractivity contribution is -0.115. The molecule has 126 valence electrons. The molecule has 0 aliphatic rings. The van der Waals surface area contributed by atoms with E-state index in [1.54, 1.807) is 9.58 Å². The molecule has 8 heteroatoms. The highest BCUT2D eigenvalue weighted by molar-refractivity contribution is 7.14. The third-order valence-corrected chi connectivity index (χ3v) is 4.70. The fourth-order valence-electron chi connectivity index (χ4n) is 2.44. The van der Waals surface area contributed by atoms with E-state index in [4.69, 9.17) is 5.26 Å². The molecule has 0 fully saturated rings. The summed E-state index contributed by atoms with van der Waals surface area (Å²) in [6.07, 6.45) is 1.49. The van der Waals surface area contributed by atoms with Crippen molar-refractivity contribution in [3.63, 3.8) is 0 Å². The number of aromatic nitrogens is 4. The second kappa shape index (κ2) is 6.83. The molecule has 1 amide bonds. The van der Waals surface area contributed by atoms with Crippen LogP contribution in [0.5, 0.6) is 0 Å². The van der Waals surface area contributed by atoms with Crippen molar-refractivity contribution in [3.8, 4) is 6.07 Å². The molecular formula is C17H16N6OS. The van der Waals surface area contributed by atoms with Crippen LogP contribution in [0.2, 0.25) is 0 Å². The van der Waals surface area contributed by atoms with Gasteiger partial charge in [-0.25, -0.2) is 14.6 Å². The Bertz CT molecular complexity index is 968. The number of hydrogen-bond acceptors (Lipinski definition) is 6. The van der Waals surface area contributed by atoms with Crippen LogP contribution in [-0.4, -0.2) is 25.7 Å². The highest BCUT2D eigenvalue weighted by atomic mass is 32.1. The predicted molar refractivity (Wildman–Crippen MR) is 94.7 cm³/mol. The zero-order valence-electron chi connectivity index (χ0n) is 14.1. The van der Waals surface area contributed by atoms with E-state index >= 15 is 0 Å². The van der Waals surface area contributed by atoms with E-state index in [0.717, 1.165) is 22.5 Å². The number of benzene rings is 1. The maximum atomic E-state index is 12.2. The number of anilines is 2. The minimum Gasteiger partial charge on any atom is -0.274 e. The summed E-state index contributed by atoms with van der Waals surface area (Å²) in [4.78, 5) is 22.3. The maximum absolute atomic E-state index is 12.2. The van der Waals surface area contributed by atoms with Gasteiger partial charge < -0.3 is 0 Å². The number of hydrogen-bond donors (Lipinski definition) is 0. The SMILES string of the molecule is CC(=O)N(c1nc(Cn2cnc(C#N)n2)cs1)c1cccc(C)c1C. The number of nitrogens with zero attached hydrogens (tertiary/aromatic N) is 6. The van der Waals surface area contributed by atoms with E-state index in [1.165, 1.54) is 24.6 Å². The smallest absolute Gasteiger partial charge is 0.252 e. The van der Waals surface area contributed by atoms with Gasteiger partial charge in [-0.15, -0.1) is 16.4 Å². The third kappa shape index (κ3) is 3.41. The highest BCUT2D eigenvalue weighted by Gasteiger charge is 2.20. The van der Waals surface area contributed by atoms with E-state index in [1.807, 2.05) is 43.5 Å². The Kier molecular flexibility index (Phi) is 4.59. The Morgan fingerprint density at radius 3 is 2.88 bits per heavy atom. The molecule has 0 bridgehead atoms. The molecule has 0 radical (unpaired) electrons. The molecule has 7 nitrogen and oxygen atoms in total. The minimum absolute atomic E-state index is 0.0953. The van der Waals surface area contributed by atoms with E-state index in [-0.39, 0.29) is 11.7 Å². The molecule has 0 aliphatic heterocycles. The first kappa shape index (κ1) is 16.8. The first-order valence-electron chi connectivity index (χ1n) is 7.60. The van der Waals surface area contributed by atoms with Gasteiger partial charge in [0.2, 0.25) is 5.91 Å². The average Bonchev–Trinajstić information content (AvgIpc) is 3.21. The van der Waals surface area contributed by atoms with Gasteiger partial charge in [-0.1, -0.05) is 12.1 Å². The molecule has 2 heterocycles. The molecule has 0 aliphatic carbocycles. The monoisotopic (exact) mass is 352 g/mol. The van der Waals surface area contributed by atoms with Crippen LogP contribution >= 0.6 is 11.3 Å². The Balaban J connectivity index is 1.91. The van der Waals surface area contributed by atoms with Gasteiger partial charge in [-0.3, -0.25) is 9.69 Å². The van der Waals surface area contributed by atoms with Crippen LogP contribution in [0.25, 0.3) is 0 Å². The van der Waals surface area contributed by atoms with Crippen molar-refractivity contribution in [2.75, 3.05) is 4.90 Å². The number of thiazole rings is 1. The topological polar surface area (TPSA) is 87.7 Å². The summed E-state index contributed by atoms with van der Waals surface area (Å²) in [5.41, 5.74) is 3.75. The van der Waals surface area contributed by atoms with Crippen molar-refractivity contribution in [1.29, 1.82) is 5.26 Å². The molecule has 2 aromatic heterocycles. The second-order valence-electron chi connectivity index (χ2n) is 5.57. The van der Waals surface area contributed by atoms with Gasteiger partial charge in [0.25, 0.3) is 5.82 Å². The number of nitriles is 1. The van der Waals surface area contributed by atoms with Gasteiger partial charge in [-0.05, 0) is 31.0 Å². The molecule has 25 heavy (non-hydrogen) atoms. The quantitative estimate of drug-likeness (QED) is 0.720. The summed E-state index contributed by atoms with van der Waals surface area (Å²) in [7, 11) is 0. The predicted octanol–water partition coefficient (Wildman–Crippen LogP) is 2.96. The summed E-state index contributed by atoms with van der Waals surface area (Å²) < 4.78 is 1.55. The van der Waals surface area contributed by atoms with Crippen LogP contribution in [0.3, 0.4) is 0 Å². The first-order valence-corrected chi connectivity index (χ1v) is 8.48. The zero-order valence-corrected chi connectivity index (χ0v) is 14.9. The van der Waals surface area contributed by atoms with E-state index in [2.05, 4.69) is 15.1 Å². The number of amides is 1. The highest BCUT2D eigenvalue weighted by Crippen LogP contribution is 2.32. The third-order valence-electron chi connectivity index (χ3n) is 3.82. The van der Waals surface area contributed by atoms with E-state index in [9.17, 15) is 4.79 Å². The molecule has 0 saturated carbocycles. The van der Waals surface area contributed by atoms with Gasteiger partial charge >= 0.3 is 0 Å². The number of carbonyl (C=O) groups excluding carboxylic acids is 1. The van der Waals surface area contributed by atoms with Crippen molar-refractivity contribution in [1.82, 2.24) is 19.7 Å². The Morgan fingerprint density at radius 1 is 1.40 bits per heavy atom. The van der Waals surface area contributed by atoms with Crippen LogP contribution in [0.1, 0.15) is 29.6 Å². The van der Waals surface area contributed by atoms with Crippen LogP contribution < -0.4 is 4.90 Å². The molecule has 0 unspecified atom stereocenters. The number of aryl methyl sites for hydroxylation is 1. The lowest BCUT2D eigenvalue weighted by atomic mass is 10.1. The maximum Gasteiger partial charge on any atom is 0.252 e. The second-order valence-corrected chi connectivity index (χ2v) is 6.41. The van der Waals surface area contributed by atoms with Crippen molar-refractivity contribution in [2.45, 2.75) is 27.3 Å². The van der Waals surface area contributed by atoms with Gasteiger partial charge in [-0.2, -0.15) is 5.26 Å². The summed E-state index contributed by atoms with van der Waals surface area (Å²) in [6, 6.07) is 7.76. The van der Waals surface area contributed by atoms with Gasteiger partial charge in [0, 0.05) is 12.3 Å². The Hall–Kier alpha value is -3.05. The van der Waals surface area contributed by atoms with Gasteiger partial charge in [0.15, 0.2) is 5.13 Å². The van der Waals surface area contributed by atoms with Crippen LogP contribution in [0.15, 0.2) is 29.9 Å². The largest absolute Gasteiger partial charge is 0.274 e. The van der Waals surface area contributed by atoms with Crippen LogP contribution in [0, 0.1) is 25.2 Å². The molecule has 1 aromatic carbocycles. The van der Waals surface area contributed by atoms with Crippen LogP contribution in [-0.2, 0) is 11.3 Å².